The zero-order valence-electron chi connectivity index (χ0n) is 14.1. The molecule has 2 N–H and O–H groups in total. The Labute approximate surface area is 147 Å². The molecule has 6 nitrogen and oxygen atoms in total. The molecule has 2 aromatic carbocycles. The largest absolute Gasteiger partial charge is 0.455 e. The molecule has 0 aliphatic heterocycles. The second-order valence-corrected chi connectivity index (χ2v) is 5.48. The third-order valence-electron chi connectivity index (χ3n) is 3.50. The number of hydrogen-bond acceptors (Lipinski definition) is 6. The highest BCUT2D eigenvalue weighted by atomic mass is 16.5. The van der Waals surface area contributed by atoms with Gasteiger partial charge in [0.15, 0.2) is 11.6 Å². The molecule has 0 amide bonds. The van der Waals surface area contributed by atoms with Crippen molar-refractivity contribution in [2.45, 2.75) is 19.8 Å². The van der Waals surface area contributed by atoms with Crippen molar-refractivity contribution >= 4 is 17.5 Å². The number of unbranched alkanes of at least 4 members (excludes halogenated alkanes) is 1. The van der Waals surface area contributed by atoms with Crippen LogP contribution in [0.15, 0.2) is 60.8 Å². The lowest BCUT2D eigenvalue weighted by atomic mass is 10.3. The van der Waals surface area contributed by atoms with Gasteiger partial charge in [0.2, 0.25) is 5.95 Å². The molecule has 6 heteroatoms. The van der Waals surface area contributed by atoms with E-state index in [0.29, 0.717) is 17.5 Å². The van der Waals surface area contributed by atoms with E-state index < -0.39 is 0 Å². The Morgan fingerprint density at radius 1 is 1.00 bits per heavy atom. The number of nitrogens with one attached hydrogen (secondary N) is 2. The number of anilines is 3. The van der Waals surface area contributed by atoms with E-state index in [1.165, 1.54) is 0 Å². The molecule has 0 saturated carbocycles. The number of para-hydroxylation sites is 3. The Balaban J connectivity index is 1.74. The van der Waals surface area contributed by atoms with E-state index in [-0.39, 0.29) is 0 Å². The molecule has 1 aromatic heterocycles. The molecule has 128 valence electrons. The van der Waals surface area contributed by atoms with E-state index in [1.54, 1.807) is 6.20 Å². The first-order valence-corrected chi connectivity index (χ1v) is 8.37. The maximum Gasteiger partial charge on any atom is 0.249 e. The number of rotatable bonds is 8. The average Bonchev–Trinajstić information content (AvgIpc) is 2.65. The number of nitrogens with zero attached hydrogens (tertiary/aromatic N) is 3. The van der Waals surface area contributed by atoms with Gasteiger partial charge in [-0.2, -0.15) is 10.1 Å². The molecule has 3 rings (SSSR count). The van der Waals surface area contributed by atoms with E-state index in [4.69, 9.17) is 4.74 Å². The summed E-state index contributed by atoms with van der Waals surface area (Å²) in [5.41, 5.74) is 0.777. The molecule has 25 heavy (non-hydrogen) atoms. The van der Waals surface area contributed by atoms with Crippen LogP contribution >= 0.6 is 0 Å². The summed E-state index contributed by atoms with van der Waals surface area (Å²) in [6.45, 7) is 3.01. The molecule has 0 atom stereocenters. The first kappa shape index (κ1) is 16.7. The molecule has 3 aromatic rings. The van der Waals surface area contributed by atoms with Crippen molar-refractivity contribution in [3.63, 3.8) is 0 Å². The molecule has 0 radical (unpaired) electrons. The quantitative estimate of drug-likeness (QED) is 0.585. The van der Waals surface area contributed by atoms with Crippen LogP contribution < -0.4 is 15.4 Å². The lowest BCUT2D eigenvalue weighted by Gasteiger charge is -2.12. The molecule has 0 bridgehead atoms. The van der Waals surface area contributed by atoms with Crippen LogP contribution in [-0.4, -0.2) is 21.7 Å². The SMILES string of the molecule is CCCCNc1cnnc(Nc2ccccc2Oc2ccccc2)n1. The van der Waals surface area contributed by atoms with Crippen LogP contribution in [0.1, 0.15) is 19.8 Å². The summed E-state index contributed by atoms with van der Waals surface area (Å²) in [5.74, 6) is 2.59. The van der Waals surface area contributed by atoms with Gasteiger partial charge in [-0.3, -0.25) is 0 Å². The molecule has 0 fully saturated rings. The number of aromatic nitrogens is 3. The fourth-order valence-electron chi connectivity index (χ4n) is 2.23. The second-order valence-electron chi connectivity index (χ2n) is 5.48. The molecular formula is C19H21N5O. The lowest BCUT2D eigenvalue weighted by molar-refractivity contribution is 0.485. The highest BCUT2D eigenvalue weighted by Crippen LogP contribution is 2.30. The Hall–Kier alpha value is -3.15. The highest BCUT2D eigenvalue weighted by Gasteiger charge is 2.07. The topological polar surface area (TPSA) is 72.0 Å². The zero-order valence-corrected chi connectivity index (χ0v) is 14.1. The second kappa shape index (κ2) is 8.63. The third-order valence-corrected chi connectivity index (χ3v) is 3.50. The zero-order chi connectivity index (χ0) is 17.3. The maximum atomic E-state index is 5.94. The van der Waals surface area contributed by atoms with Crippen molar-refractivity contribution in [1.29, 1.82) is 0 Å². The van der Waals surface area contributed by atoms with Crippen molar-refractivity contribution < 1.29 is 4.74 Å². The first-order chi connectivity index (χ1) is 12.3. The van der Waals surface area contributed by atoms with Gasteiger partial charge in [-0.05, 0) is 30.7 Å². The van der Waals surface area contributed by atoms with Crippen LogP contribution in [0.5, 0.6) is 11.5 Å². The maximum absolute atomic E-state index is 5.94. The fraction of sp³-hybridized carbons (Fsp3) is 0.211. The summed E-state index contributed by atoms with van der Waals surface area (Å²) < 4.78 is 5.94. The van der Waals surface area contributed by atoms with Gasteiger partial charge in [0.25, 0.3) is 0 Å². The molecule has 0 aliphatic carbocycles. The van der Waals surface area contributed by atoms with Crippen LogP contribution in [0.4, 0.5) is 17.5 Å². The molecular weight excluding hydrogens is 314 g/mol. The summed E-state index contributed by atoms with van der Waals surface area (Å²) in [6, 6.07) is 17.3. The van der Waals surface area contributed by atoms with Crippen molar-refractivity contribution in [1.82, 2.24) is 15.2 Å². The normalized spacial score (nSPS) is 10.3. The van der Waals surface area contributed by atoms with Crippen molar-refractivity contribution in [3.8, 4) is 11.5 Å². The number of benzene rings is 2. The highest BCUT2D eigenvalue weighted by molar-refractivity contribution is 5.63. The van der Waals surface area contributed by atoms with Crippen molar-refractivity contribution in [2.75, 3.05) is 17.2 Å². The monoisotopic (exact) mass is 335 g/mol. The summed E-state index contributed by atoms with van der Waals surface area (Å²) in [5, 5.41) is 14.5. The molecule has 0 saturated heterocycles. The minimum absolute atomic E-state index is 0.422. The lowest BCUT2D eigenvalue weighted by Crippen LogP contribution is -2.07. The van der Waals surface area contributed by atoms with Crippen LogP contribution in [0, 0.1) is 0 Å². The summed E-state index contributed by atoms with van der Waals surface area (Å²) in [4.78, 5) is 4.44. The van der Waals surface area contributed by atoms with E-state index in [0.717, 1.165) is 30.8 Å². The van der Waals surface area contributed by atoms with Crippen LogP contribution in [0.25, 0.3) is 0 Å². The van der Waals surface area contributed by atoms with E-state index in [2.05, 4.69) is 32.7 Å². The van der Waals surface area contributed by atoms with Gasteiger partial charge in [0.05, 0.1) is 11.9 Å². The average molecular weight is 335 g/mol. The van der Waals surface area contributed by atoms with Gasteiger partial charge in [-0.15, -0.1) is 5.10 Å². The van der Waals surface area contributed by atoms with Gasteiger partial charge in [-0.25, -0.2) is 0 Å². The predicted molar refractivity (Wildman–Crippen MR) is 99.5 cm³/mol. The van der Waals surface area contributed by atoms with E-state index >= 15 is 0 Å². The van der Waals surface area contributed by atoms with Crippen LogP contribution in [0.2, 0.25) is 0 Å². The molecule has 0 unspecified atom stereocenters. The third kappa shape index (κ3) is 4.91. The van der Waals surface area contributed by atoms with Gasteiger partial charge >= 0.3 is 0 Å². The molecule has 0 spiro atoms. The Morgan fingerprint density at radius 2 is 1.80 bits per heavy atom. The smallest absolute Gasteiger partial charge is 0.249 e. The van der Waals surface area contributed by atoms with Gasteiger partial charge in [0, 0.05) is 6.54 Å². The predicted octanol–water partition coefficient (Wildman–Crippen LogP) is 4.62. The Morgan fingerprint density at radius 3 is 2.64 bits per heavy atom. The standard InChI is InChI=1S/C19H21N5O/c1-2-3-13-20-18-14-21-24-19(23-18)22-16-11-7-8-12-17(16)25-15-9-5-4-6-10-15/h4-12,14H,2-3,13H2,1H3,(H2,20,22,23,24). The Kier molecular flexibility index (Phi) is 5.77. The first-order valence-electron chi connectivity index (χ1n) is 8.37. The minimum atomic E-state index is 0.422. The van der Waals surface area contributed by atoms with Crippen molar-refractivity contribution in [3.05, 3.63) is 60.8 Å². The van der Waals surface area contributed by atoms with Gasteiger partial charge in [0.1, 0.15) is 5.75 Å². The van der Waals surface area contributed by atoms with E-state index in [1.807, 2.05) is 54.6 Å². The molecule has 0 aliphatic rings. The van der Waals surface area contributed by atoms with Gasteiger partial charge < -0.3 is 15.4 Å². The summed E-state index contributed by atoms with van der Waals surface area (Å²) in [6.07, 6.45) is 3.83. The van der Waals surface area contributed by atoms with Crippen molar-refractivity contribution in [2.24, 2.45) is 0 Å². The number of ether oxygens (including phenoxy) is 1. The minimum Gasteiger partial charge on any atom is -0.455 e. The fourth-order valence-corrected chi connectivity index (χ4v) is 2.23. The molecule has 1 heterocycles. The van der Waals surface area contributed by atoms with Crippen LogP contribution in [-0.2, 0) is 0 Å². The Bertz CT molecular complexity index is 795. The van der Waals surface area contributed by atoms with E-state index in [9.17, 15) is 0 Å². The summed E-state index contributed by atoms with van der Waals surface area (Å²) in [7, 11) is 0. The van der Waals surface area contributed by atoms with Crippen LogP contribution in [0.3, 0.4) is 0 Å². The summed E-state index contributed by atoms with van der Waals surface area (Å²) >= 11 is 0. The van der Waals surface area contributed by atoms with Gasteiger partial charge in [-0.1, -0.05) is 43.7 Å². The number of hydrogen-bond donors (Lipinski definition) is 2.